The van der Waals surface area contributed by atoms with Crippen molar-refractivity contribution < 1.29 is 18.3 Å². The van der Waals surface area contributed by atoms with Gasteiger partial charge in [0.05, 0.1) is 23.0 Å². The highest BCUT2D eigenvalue weighted by molar-refractivity contribution is 7.91. The van der Waals surface area contributed by atoms with Crippen molar-refractivity contribution in [3.05, 3.63) is 88.9 Å². The highest BCUT2D eigenvalue weighted by Crippen LogP contribution is 2.24. The van der Waals surface area contributed by atoms with Crippen molar-refractivity contribution in [2.45, 2.75) is 35.3 Å². The fraction of sp³-hybridized carbons (Fsp3) is 0.250. The molecule has 0 aliphatic heterocycles. The van der Waals surface area contributed by atoms with Gasteiger partial charge >= 0.3 is 0 Å². The fourth-order valence-electron chi connectivity index (χ4n) is 3.27. The third-order valence-electron chi connectivity index (χ3n) is 5.04. The van der Waals surface area contributed by atoms with E-state index in [1.54, 1.807) is 48.5 Å². The highest BCUT2D eigenvalue weighted by Gasteiger charge is 2.18. The van der Waals surface area contributed by atoms with Gasteiger partial charge in [-0.05, 0) is 73.0 Å². The third kappa shape index (κ3) is 6.08. The molecule has 0 bridgehead atoms. The van der Waals surface area contributed by atoms with Crippen molar-refractivity contribution in [3.63, 3.8) is 0 Å². The summed E-state index contributed by atoms with van der Waals surface area (Å²) in [6, 6.07) is 20.5. The lowest BCUT2D eigenvalue weighted by Crippen LogP contribution is -2.32. The predicted molar refractivity (Wildman–Crippen MR) is 122 cm³/mol. The van der Waals surface area contributed by atoms with E-state index < -0.39 is 15.9 Å². The number of halogens is 1. The normalized spacial score (nSPS) is 13.5. The van der Waals surface area contributed by atoms with E-state index in [-0.39, 0.29) is 15.8 Å². The zero-order chi connectivity index (χ0) is 22.4. The first-order chi connectivity index (χ1) is 14.8. The van der Waals surface area contributed by atoms with Crippen LogP contribution in [-0.2, 0) is 16.3 Å². The number of aliphatic hydroxyl groups is 1. The summed E-state index contributed by atoms with van der Waals surface area (Å²) in [5.74, 6) is 0.608. The molecule has 0 aromatic heterocycles. The maximum absolute atomic E-state index is 12.8. The van der Waals surface area contributed by atoms with Crippen LogP contribution in [0.5, 0.6) is 5.75 Å². The van der Waals surface area contributed by atoms with Crippen LogP contribution in [0.2, 0.25) is 5.02 Å². The molecule has 3 aromatic rings. The molecular formula is C24H26ClNO4S. The Morgan fingerprint density at radius 3 is 2.19 bits per heavy atom. The molecule has 3 aromatic carbocycles. The van der Waals surface area contributed by atoms with Gasteiger partial charge in [-0.3, -0.25) is 0 Å². The minimum absolute atomic E-state index is 0.0953. The molecule has 0 saturated carbocycles. The van der Waals surface area contributed by atoms with Crippen LogP contribution in [0.15, 0.2) is 82.6 Å². The Labute approximate surface area is 188 Å². The van der Waals surface area contributed by atoms with E-state index in [0.717, 1.165) is 11.1 Å². The Kier molecular flexibility index (Phi) is 7.73. The van der Waals surface area contributed by atoms with Crippen molar-refractivity contribution in [2.24, 2.45) is 0 Å². The molecule has 2 atom stereocenters. The number of aliphatic hydroxyl groups excluding tert-OH is 1. The number of benzene rings is 3. The highest BCUT2D eigenvalue weighted by atomic mass is 35.5. The molecule has 0 amide bonds. The van der Waals surface area contributed by atoms with Crippen LogP contribution in [0.1, 0.15) is 24.2 Å². The summed E-state index contributed by atoms with van der Waals surface area (Å²) in [7, 11) is -2.04. The molecule has 0 fully saturated rings. The van der Waals surface area contributed by atoms with E-state index in [4.69, 9.17) is 16.3 Å². The van der Waals surface area contributed by atoms with Crippen LogP contribution >= 0.6 is 11.6 Å². The topological polar surface area (TPSA) is 75.6 Å². The Hall–Kier alpha value is -2.38. The second kappa shape index (κ2) is 10.3. The van der Waals surface area contributed by atoms with Gasteiger partial charge in [0.2, 0.25) is 9.84 Å². The molecule has 0 aliphatic rings. The molecule has 0 saturated heterocycles. The Balaban J connectivity index is 1.59. The fourth-order valence-corrected chi connectivity index (χ4v) is 4.73. The van der Waals surface area contributed by atoms with Gasteiger partial charge in [0.25, 0.3) is 0 Å². The lowest BCUT2D eigenvalue weighted by atomic mass is 10.1. The monoisotopic (exact) mass is 459 g/mol. The second-order valence-corrected chi connectivity index (χ2v) is 9.79. The summed E-state index contributed by atoms with van der Waals surface area (Å²) in [5, 5.41) is 14.2. The number of sulfone groups is 1. The molecule has 31 heavy (non-hydrogen) atoms. The Bertz CT molecular complexity index is 1100. The first-order valence-corrected chi connectivity index (χ1v) is 11.8. The van der Waals surface area contributed by atoms with Crippen LogP contribution in [-0.4, -0.2) is 33.2 Å². The van der Waals surface area contributed by atoms with E-state index in [9.17, 15) is 13.5 Å². The first-order valence-electron chi connectivity index (χ1n) is 9.94. The molecule has 164 valence electrons. The van der Waals surface area contributed by atoms with Gasteiger partial charge < -0.3 is 15.2 Å². The number of ether oxygens (including phenoxy) is 1. The van der Waals surface area contributed by atoms with Crippen molar-refractivity contribution in [1.82, 2.24) is 5.32 Å². The molecule has 0 heterocycles. The Morgan fingerprint density at radius 2 is 1.61 bits per heavy atom. The van der Waals surface area contributed by atoms with Crippen LogP contribution in [0.3, 0.4) is 0 Å². The van der Waals surface area contributed by atoms with E-state index in [0.29, 0.717) is 23.7 Å². The standard InChI is InChI=1S/C24H26ClNO4S/c1-17(26-16-24(27)19-4-3-5-20(25)15-19)14-18-6-10-22(11-7-18)31(28,29)23-12-8-21(30-2)9-13-23/h3-13,15,17,24,26-27H,14,16H2,1-2H3/t17-,24+/m1/s1. The molecule has 3 rings (SSSR count). The summed E-state index contributed by atoms with van der Waals surface area (Å²) in [4.78, 5) is 0.476. The van der Waals surface area contributed by atoms with Gasteiger partial charge in [0, 0.05) is 17.6 Å². The summed E-state index contributed by atoms with van der Waals surface area (Å²) < 4.78 is 30.7. The van der Waals surface area contributed by atoms with Gasteiger partial charge in [0.1, 0.15) is 5.75 Å². The molecule has 0 aliphatic carbocycles. The van der Waals surface area contributed by atoms with Gasteiger partial charge in [-0.1, -0.05) is 35.9 Å². The minimum atomic E-state index is -3.58. The zero-order valence-electron chi connectivity index (χ0n) is 17.5. The summed E-state index contributed by atoms with van der Waals surface area (Å²) in [6.07, 6.45) is 0.0451. The van der Waals surface area contributed by atoms with Gasteiger partial charge in [-0.25, -0.2) is 8.42 Å². The predicted octanol–water partition coefficient (Wildman–Crippen LogP) is 4.44. The van der Waals surface area contributed by atoms with E-state index >= 15 is 0 Å². The van der Waals surface area contributed by atoms with Crippen LogP contribution < -0.4 is 10.1 Å². The Morgan fingerprint density at radius 1 is 1.00 bits per heavy atom. The second-order valence-electron chi connectivity index (χ2n) is 7.41. The van der Waals surface area contributed by atoms with Gasteiger partial charge in [-0.15, -0.1) is 0 Å². The maximum atomic E-state index is 12.8. The van der Waals surface area contributed by atoms with Crippen LogP contribution in [0, 0.1) is 0 Å². The minimum Gasteiger partial charge on any atom is -0.497 e. The smallest absolute Gasteiger partial charge is 0.206 e. The first kappa shape index (κ1) is 23.3. The van der Waals surface area contributed by atoms with Crippen LogP contribution in [0.4, 0.5) is 0 Å². The van der Waals surface area contributed by atoms with Gasteiger partial charge in [0.15, 0.2) is 0 Å². The SMILES string of the molecule is COc1ccc(S(=O)(=O)c2ccc(C[C@@H](C)NC[C@H](O)c3cccc(Cl)c3)cc2)cc1. The summed E-state index contributed by atoms with van der Waals surface area (Å²) >= 11 is 5.98. The summed E-state index contributed by atoms with van der Waals surface area (Å²) in [5.41, 5.74) is 1.77. The number of methoxy groups -OCH3 is 1. The van der Waals surface area contributed by atoms with Crippen molar-refractivity contribution in [2.75, 3.05) is 13.7 Å². The molecule has 5 nitrogen and oxygen atoms in total. The summed E-state index contributed by atoms with van der Waals surface area (Å²) in [6.45, 7) is 2.41. The molecule has 2 N–H and O–H groups in total. The van der Waals surface area contributed by atoms with Gasteiger partial charge in [-0.2, -0.15) is 0 Å². The van der Waals surface area contributed by atoms with E-state index in [2.05, 4.69) is 5.32 Å². The third-order valence-corrected chi connectivity index (χ3v) is 7.06. The lowest BCUT2D eigenvalue weighted by molar-refractivity contribution is 0.170. The average Bonchev–Trinajstić information content (AvgIpc) is 2.78. The van der Waals surface area contributed by atoms with Crippen LogP contribution in [0.25, 0.3) is 0 Å². The largest absolute Gasteiger partial charge is 0.497 e. The van der Waals surface area contributed by atoms with Crippen molar-refractivity contribution >= 4 is 21.4 Å². The van der Waals surface area contributed by atoms with Crippen molar-refractivity contribution in [3.8, 4) is 5.75 Å². The maximum Gasteiger partial charge on any atom is 0.206 e. The quantitative estimate of drug-likeness (QED) is 0.495. The number of hydrogen-bond acceptors (Lipinski definition) is 5. The molecule has 0 unspecified atom stereocenters. The molecule has 0 radical (unpaired) electrons. The average molecular weight is 460 g/mol. The van der Waals surface area contributed by atoms with E-state index in [1.165, 1.54) is 7.11 Å². The molecular weight excluding hydrogens is 434 g/mol. The van der Waals surface area contributed by atoms with Crippen molar-refractivity contribution in [1.29, 1.82) is 0 Å². The number of hydrogen-bond donors (Lipinski definition) is 2. The zero-order valence-corrected chi connectivity index (χ0v) is 19.0. The molecule has 0 spiro atoms. The number of nitrogens with one attached hydrogen (secondary N) is 1. The van der Waals surface area contributed by atoms with E-state index in [1.807, 2.05) is 31.2 Å². The lowest BCUT2D eigenvalue weighted by Gasteiger charge is -2.18. The molecule has 7 heteroatoms. The number of rotatable bonds is 9.